The van der Waals surface area contributed by atoms with Crippen LogP contribution < -0.4 is 5.32 Å². The van der Waals surface area contributed by atoms with Crippen molar-refractivity contribution in [3.05, 3.63) is 39.9 Å². The number of benzene rings is 1. The van der Waals surface area contributed by atoms with Crippen LogP contribution in [0.2, 0.25) is 0 Å². The van der Waals surface area contributed by atoms with Gasteiger partial charge in [0.05, 0.1) is 11.0 Å². The number of carbonyl (C=O) groups is 2. The maximum atomic E-state index is 12.4. The molecule has 8 heteroatoms. The van der Waals surface area contributed by atoms with Gasteiger partial charge in [0, 0.05) is 36.1 Å². The van der Waals surface area contributed by atoms with Crippen molar-refractivity contribution in [3.8, 4) is 0 Å². The number of carboxylic acids is 1. The summed E-state index contributed by atoms with van der Waals surface area (Å²) in [5, 5.41) is 22.9. The number of ether oxygens (including phenoxy) is 1. The molecule has 0 saturated heterocycles. The number of nitro benzene ring substituents is 1. The van der Waals surface area contributed by atoms with Crippen molar-refractivity contribution in [2.75, 3.05) is 6.61 Å². The first-order valence-corrected chi connectivity index (χ1v) is 7.57. The van der Waals surface area contributed by atoms with E-state index < -0.39 is 27.8 Å². The minimum Gasteiger partial charge on any atom is -0.479 e. The van der Waals surface area contributed by atoms with Crippen LogP contribution in [0.25, 0.3) is 0 Å². The number of nitro groups is 1. The molecule has 1 aliphatic carbocycles. The number of nitrogens with zero attached hydrogens (tertiary/aromatic N) is 1. The smallest absolute Gasteiger partial charge is 0.330 e. The maximum Gasteiger partial charge on any atom is 0.330 e. The van der Waals surface area contributed by atoms with Crippen LogP contribution >= 0.6 is 0 Å². The van der Waals surface area contributed by atoms with Crippen LogP contribution in [0, 0.1) is 15.5 Å². The number of aliphatic carboxylic acids is 1. The molecule has 130 valence electrons. The number of non-ortho nitro benzene ring substituents is 1. The molecular formula is C16H20N2O6. The largest absolute Gasteiger partial charge is 0.479 e. The Balaban J connectivity index is 2.21. The minimum absolute atomic E-state index is 0.139. The fraction of sp³-hybridized carbons (Fsp3) is 0.500. The first-order chi connectivity index (χ1) is 11.2. The van der Waals surface area contributed by atoms with E-state index in [1.165, 1.54) is 24.3 Å². The SMILES string of the molecule is CCOC1CC(NC(=O)c2ccc([N+](=O)[O-])cc2)(C(=O)O)C1(C)C. The van der Waals surface area contributed by atoms with Gasteiger partial charge in [-0.1, -0.05) is 13.8 Å². The molecule has 0 heterocycles. The van der Waals surface area contributed by atoms with Crippen molar-refractivity contribution in [1.82, 2.24) is 5.32 Å². The number of rotatable bonds is 6. The second-order valence-corrected chi connectivity index (χ2v) is 6.34. The molecule has 24 heavy (non-hydrogen) atoms. The molecular weight excluding hydrogens is 316 g/mol. The van der Waals surface area contributed by atoms with Gasteiger partial charge in [-0.25, -0.2) is 4.79 Å². The van der Waals surface area contributed by atoms with Crippen molar-refractivity contribution in [3.63, 3.8) is 0 Å². The highest BCUT2D eigenvalue weighted by Crippen LogP contribution is 2.51. The van der Waals surface area contributed by atoms with E-state index in [9.17, 15) is 24.8 Å². The molecule has 1 aromatic carbocycles. The summed E-state index contributed by atoms with van der Waals surface area (Å²) in [4.78, 5) is 34.3. The molecule has 0 aliphatic heterocycles. The molecule has 2 N–H and O–H groups in total. The zero-order valence-corrected chi connectivity index (χ0v) is 13.7. The molecule has 1 fully saturated rings. The predicted octanol–water partition coefficient (Wildman–Crippen LogP) is 1.98. The Labute approximate surface area is 139 Å². The maximum absolute atomic E-state index is 12.4. The highest BCUT2D eigenvalue weighted by molar-refractivity contribution is 5.99. The highest BCUT2D eigenvalue weighted by Gasteiger charge is 2.66. The van der Waals surface area contributed by atoms with Crippen molar-refractivity contribution < 1.29 is 24.4 Å². The molecule has 2 unspecified atom stereocenters. The molecule has 8 nitrogen and oxygen atoms in total. The van der Waals surface area contributed by atoms with Crippen LogP contribution in [0.1, 0.15) is 37.6 Å². The Morgan fingerprint density at radius 2 is 1.96 bits per heavy atom. The summed E-state index contributed by atoms with van der Waals surface area (Å²) in [5.41, 5.74) is -2.20. The molecule has 1 saturated carbocycles. The lowest BCUT2D eigenvalue weighted by Gasteiger charge is -2.58. The molecule has 0 aromatic heterocycles. The van der Waals surface area contributed by atoms with E-state index >= 15 is 0 Å². The number of carboxylic acid groups (broad SMARTS) is 1. The fourth-order valence-corrected chi connectivity index (χ4v) is 3.04. The third-order valence-corrected chi connectivity index (χ3v) is 4.80. The third kappa shape index (κ3) is 2.73. The van der Waals surface area contributed by atoms with E-state index in [-0.39, 0.29) is 23.8 Å². The lowest BCUT2D eigenvalue weighted by Crippen LogP contribution is -2.76. The van der Waals surface area contributed by atoms with Crippen molar-refractivity contribution in [1.29, 1.82) is 0 Å². The summed E-state index contributed by atoms with van der Waals surface area (Å²) < 4.78 is 5.54. The number of hydrogen-bond acceptors (Lipinski definition) is 5. The molecule has 2 rings (SSSR count). The molecule has 0 spiro atoms. The quantitative estimate of drug-likeness (QED) is 0.605. The van der Waals surface area contributed by atoms with Gasteiger partial charge >= 0.3 is 5.97 Å². The normalized spacial score (nSPS) is 24.7. The van der Waals surface area contributed by atoms with Gasteiger partial charge in [0.1, 0.15) is 5.54 Å². The summed E-state index contributed by atoms with van der Waals surface area (Å²) >= 11 is 0. The summed E-state index contributed by atoms with van der Waals surface area (Å²) in [6.45, 7) is 5.76. The van der Waals surface area contributed by atoms with Crippen molar-refractivity contribution in [2.45, 2.75) is 38.8 Å². The van der Waals surface area contributed by atoms with Crippen LogP contribution in [0.15, 0.2) is 24.3 Å². The van der Waals surface area contributed by atoms with Gasteiger partial charge in [-0.2, -0.15) is 0 Å². The van der Waals surface area contributed by atoms with E-state index in [1.807, 2.05) is 6.92 Å². The van der Waals surface area contributed by atoms with Gasteiger partial charge in [-0.05, 0) is 19.1 Å². The topological polar surface area (TPSA) is 119 Å². The summed E-state index contributed by atoms with van der Waals surface area (Å²) in [6.07, 6.45) is -0.0993. The monoisotopic (exact) mass is 336 g/mol. The van der Waals surface area contributed by atoms with Gasteiger partial charge in [0.15, 0.2) is 0 Å². The standard InChI is InChI=1S/C16H20N2O6/c1-4-24-12-9-16(14(20)21,15(12,2)3)17-13(19)10-5-7-11(8-6-10)18(22)23/h5-8,12H,4,9H2,1-3H3,(H,17,19)(H,20,21). The van der Waals surface area contributed by atoms with E-state index in [0.29, 0.717) is 6.61 Å². The van der Waals surface area contributed by atoms with Gasteiger partial charge in [0.25, 0.3) is 11.6 Å². The zero-order valence-electron chi connectivity index (χ0n) is 13.7. The third-order valence-electron chi connectivity index (χ3n) is 4.80. The second kappa shape index (κ2) is 6.20. The van der Waals surface area contributed by atoms with Crippen LogP contribution in [0.4, 0.5) is 5.69 Å². The lowest BCUT2D eigenvalue weighted by atomic mass is 9.54. The Morgan fingerprint density at radius 1 is 1.38 bits per heavy atom. The Morgan fingerprint density at radius 3 is 2.38 bits per heavy atom. The molecule has 1 aromatic rings. The Kier molecular flexibility index (Phi) is 4.61. The van der Waals surface area contributed by atoms with E-state index in [4.69, 9.17) is 4.74 Å². The van der Waals surface area contributed by atoms with Crippen LogP contribution in [-0.2, 0) is 9.53 Å². The van der Waals surface area contributed by atoms with Gasteiger partial charge in [-0.3, -0.25) is 14.9 Å². The van der Waals surface area contributed by atoms with Gasteiger partial charge in [0.2, 0.25) is 0 Å². The molecule has 2 atom stereocenters. The average Bonchev–Trinajstić information content (AvgIpc) is 2.53. The Bertz CT molecular complexity index is 670. The van der Waals surface area contributed by atoms with Crippen molar-refractivity contribution in [2.24, 2.45) is 5.41 Å². The van der Waals surface area contributed by atoms with Crippen LogP contribution in [0.5, 0.6) is 0 Å². The first-order valence-electron chi connectivity index (χ1n) is 7.57. The Hall–Kier alpha value is -2.48. The molecule has 1 amide bonds. The molecule has 1 aliphatic rings. The van der Waals surface area contributed by atoms with E-state index in [2.05, 4.69) is 5.32 Å². The molecule has 0 radical (unpaired) electrons. The van der Waals surface area contributed by atoms with Crippen LogP contribution in [-0.4, -0.2) is 40.2 Å². The fourth-order valence-electron chi connectivity index (χ4n) is 3.04. The lowest BCUT2D eigenvalue weighted by molar-refractivity contribution is -0.384. The number of hydrogen-bond donors (Lipinski definition) is 2. The number of nitrogens with one attached hydrogen (secondary N) is 1. The summed E-state index contributed by atoms with van der Waals surface area (Å²) in [7, 11) is 0. The number of carbonyl (C=O) groups excluding carboxylic acids is 1. The van der Waals surface area contributed by atoms with Crippen molar-refractivity contribution >= 4 is 17.6 Å². The summed E-state index contributed by atoms with van der Waals surface area (Å²) in [6, 6.07) is 5.01. The summed E-state index contributed by atoms with van der Waals surface area (Å²) in [5.74, 6) is -1.71. The van der Waals surface area contributed by atoms with Gasteiger partial charge in [-0.15, -0.1) is 0 Å². The van der Waals surface area contributed by atoms with E-state index in [0.717, 1.165) is 0 Å². The predicted molar refractivity (Wildman–Crippen MR) is 84.7 cm³/mol. The number of amides is 1. The highest BCUT2D eigenvalue weighted by atomic mass is 16.6. The molecule has 0 bridgehead atoms. The van der Waals surface area contributed by atoms with E-state index in [1.54, 1.807) is 13.8 Å². The average molecular weight is 336 g/mol. The van der Waals surface area contributed by atoms with Gasteiger partial charge < -0.3 is 15.2 Å². The first kappa shape index (κ1) is 17.9. The second-order valence-electron chi connectivity index (χ2n) is 6.34. The van der Waals surface area contributed by atoms with Crippen LogP contribution in [0.3, 0.4) is 0 Å². The zero-order chi connectivity index (χ0) is 18.1. The minimum atomic E-state index is -1.44.